The summed E-state index contributed by atoms with van der Waals surface area (Å²) < 4.78 is 0.783. The standard InChI is InChI=1S/C14H17BrN4OS/c1-4-16-13-12(5-10(15)6-17-13)14(20)19(3)7-11-8-21-9(2)18-11/h5-6,8H,4,7H2,1-3H3,(H,16,17). The lowest BCUT2D eigenvalue weighted by atomic mass is 10.2. The zero-order valence-electron chi connectivity index (χ0n) is 12.2. The molecule has 21 heavy (non-hydrogen) atoms. The highest BCUT2D eigenvalue weighted by Gasteiger charge is 2.18. The Balaban J connectivity index is 2.20. The first kappa shape index (κ1) is 15.9. The molecule has 0 aromatic carbocycles. The summed E-state index contributed by atoms with van der Waals surface area (Å²) >= 11 is 4.95. The monoisotopic (exact) mass is 368 g/mol. The number of aromatic nitrogens is 2. The van der Waals surface area contributed by atoms with Crippen LogP contribution < -0.4 is 5.32 Å². The number of aryl methyl sites for hydroxylation is 1. The second-order valence-electron chi connectivity index (χ2n) is 4.60. The first-order chi connectivity index (χ1) is 10.0. The van der Waals surface area contributed by atoms with Crippen molar-refractivity contribution in [2.75, 3.05) is 18.9 Å². The van der Waals surface area contributed by atoms with Gasteiger partial charge in [-0.15, -0.1) is 11.3 Å². The van der Waals surface area contributed by atoms with Gasteiger partial charge in [-0.05, 0) is 35.8 Å². The van der Waals surface area contributed by atoms with Crippen LogP contribution >= 0.6 is 27.3 Å². The molecule has 0 atom stereocenters. The van der Waals surface area contributed by atoms with E-state index >= 15 is 0 Å². The summed E-state index contributed by atoms with van der Waals surface area (Å²) in [6, 6.07) is 1.79. The summed E-state index contributed by atoms with van der Waals surface area (Å²) in [6.07, 6.45) is 1.68. The number of carbonyl (C=O) groups excluding carboxylic acids is 1. The highest BCUT2D eigenvalue weighted by molar-refractivity contribution is 9.10. The zero-order chi connectivity index (χ0) is 15.4. The quantitative estimate of drug-likeness (QED) is 0.879. The van der Waals surface area contributed by atoms with Crippen LogP contribution in [0.5, 0.6) is 0 Å². The van der Waals surface area contributed by atoms with E-state index < -0.39 is 0 Å². The van der Waals surface area contributed by atoms with Crippen molar-refractivity contribution in [3.8, 4) is 0 Å². The molecule has 0 aliphatic carbocycles. The summed E-state index contributed by atoms with van der Waals surface area (Å²) in [7, 11) is 1.77. The van der Waals surface area contributed by atoms with Crippen molar-refractivity contribution in [3.05, 3.63) is 38.4 Å². The van der Waals surface area contributed by atoms with Gasteiger partial charge in [-0.2, -0.15) is 0 Å². The smallest absolute Gasteiger partial charge is 0.257 e. The second kappa shape index (κ2) is 7.00. The number of thiazole rings is 1. The minimum atomic E-state index is -0.0783. The van der Waals surface area contributed by atoms with Crippen molar-refractivity contribution < 1.29 is 4.79 Å². The van der Waals surface area contributed by atoms with Gasteiger partial charge in [0.2, 0.25) is 0 Å². The number of hydrogen-bond donors (Lipinski definition) is 1. The molecule has 0 bridgehead atoms. The van der Waals surface area contributed by atoms with E-state index in [0.717, 1.165) is 15.2 Å². The molecule has 2 heterocycles. The molecule has 0 fully saturated rings. The third-order valence-corrected chi connectivity index (χ3v) is 4.10. The van der Waals surface area contributed by atoms with Crippen LogP contribution in [-0.2, 0) is 6.54 Å². The molecular weight excluding hydrogens is 352 g/mol. The number of nitrogens with zero attached hydrogens (tertiary/aromatic N) is 3. The maximum Gasteiger partial charge on any atom is 0.257 e. The molecule has 0 saturated heterocycles. The number of amides is 1. The van der Waals surface area contributed by atoms with Crippen molar-refractivity contribution in [2.24, 2.45) is 0 Å². The molecule has 112 valence electrons. The van der Waals surface area contributed by atoms with Crippen LogP contribution in [0.3, 0.4) is 0 Å². The number of anilines is 1. The highest BCUT2D eigenvalue weighted by atomic mass is 79.9. The van der Waals surface area contributed by atoms with Crippen molar-refractivity contribution in [3.63, 3.8) is 0 Å². The third-order valence-electron chi connectivity index (χ3n) is 2.84. The van der Waals surface area contributed by atoms with Gasteiger partial charge in [-0.25, -0.2) is 9.97 Å². The van der Waals surface area contributed by atoms with Crippen LogP contribution in [0.1, 0.15) is 28.0 Å². The Hall–Kier alpha value is -1.47. The van der Waals surface area contributed by atoms with E-state index in [1.807, 2.05) is 19.2 Å². The fourth-order valence-corrected chi connectivity index (χ4v) is 2.85. The van der Waals surface area contributed by atoms with Gasteiger partial charge in [0.05, 0.1) is 22.8 Å². The Bertz CT molecular complexity index is 644. The van der Waals surface area contributed by atoms with E-state index in [0.29, 0.717) is 24.5 Å². The number of pyridine rings is 1. The number of nitrogens with one attached hydrogen (secondary N) is 1. The van der Waals surface area contributed by atoms with Gasteiger partial charge in [0, 0.05) is 29.6 Å². The van der Waals surface area contributed by atoms with Gasteiger partial charge in [0.25, 0.3) is 5.91 Å². The van der Waals surface area contributed by atoms with Gasteiger partial charge < -0.3 is 10.2 Å². The van der Waals surface area contributed by atoms with E-state index in [-0.39, 0.29) is 5.91 Å². The average Bonchev–Trinajstić information content (AvgIpc) is 2.85. The van der Waals surface area contributed by atoms with E-state index in [4.69, 9.17) is 0 Å². The van der Waals surface area contributed by atoms with E-state index in [1.165, 1.54) is 0 Å². The average molecular weight is 369 g/mol. The lowest BCUT2D eigenvalue weighted by Crippen LogP contribution is -2.27. The number of carbonyl (C=O) groups is 1. The van der Waals surface area contributed by atoms with Crippen LogP contribution in [0, 0.1) is 6.92 Å². The Morgan fingerprint density at radius 2 is 2.29 bits per heavy atom. The second-order valence-corrected chi connectivity index (χ2v) is 6.58. The molecule has 1 amide bonds. The molecule has 0 aliphatic heterocycles. The third kappa shape index (κ3) is 4.01. The molecule has 0 unspecified atom stereocenters. The molecule has 0 saturated carbocycles. The molecule has 0 radical (unpaired) electrons. The molecule has 1 N–H and O–H groups in total. The minimum Gasteiger partial charge on any atom is -0.370 e. The summed E-state index contributed by atoms with van der Waals surface area (Å²) in [5.41, 5.74) is 1.46. The van der Waals surface area contributed by atoms with Crippen LogP contribution in [0.15, 0.2) is 22.1 Å². The van der Waals surface area contributed by atoms with Gasteiger partial charge in [0.1, 0.15) is 5.82 Å². The van der Waals surface area contributed by atoms with Gasteiger partial charge in [-0.3, -0.25) is 4.79 Å². The van der Waals surface area contributed by atoms with Gasteiger partial charge in [-0.1, -0.05) is 0 Å². The van der Waals surface area contributed by atoms with Crippen molar-refractivity contribution in [1.82, 2.24) is 14.9 Å². The maximum atomic E-state index is 12.6. The number of rotatable bonds is 5. The first-order valence-corrected chi connectivity index (χ1v) is 8.24. The lowest BCUT2D eigenvalue weighted by Gasteiger charge is -2.18. The molecule has 7 heteroatoms. The van der Waals surface area contributed by atoms with Crippen LogP contribution in [-0.4, -0.2) is 34.4 Å². The SMILES string of the molecule is CCNc1ncc(Br)cc1C(=O)N(C)Cc1csc(C)n1. The van der Waals surface area contributed by atoms with Crippen molar-refractivity contribution in [1.29, 1.82) is 0 Å². The molecule has 2 aromatic heterocycles. The van der Waals surface area contributed by atoms with E-state index in [2.05, 4.69) is 31.2 Å². The first-order valence-electron chi connectivity index (χ1n) is 6.57. The Labute approximate surface area is 136 Å². The predicted octanol–water partition coefficient (Wildman–Crippen LogP) is 3.31. The minimum absolute atomic E-state index is 0.0783. The van der Waals surface area contributed by atoms with Crippen molar-refractivity contribution in [2.45, 2.75) is 20.4 Å². The van der Waals surface area contributed by atoms with Crippen LogP contribution in [0.4, 0.5) is 5.82 Å². The maximum absolute atomic E-state index is 12.6. The number of hydrogen-bond acceptors (Lipinski definition) is 5. The van der Waals surface area contributed by atoms with Gasteiger partial charge >= 0.3 is 0 Å². The Kier molecular flexibility index (Phi) is 5.30. The normalized spacial score (nSPS) is 10.5. The Morgan fingerprint density at radius 3 is 2.90 bits per heavy atom. The molecule has 0 spiro atoms. The van der Waals surface area contributed by atoms with E-state index in [1.54, 1.807) is 35.5 Å². The summed E-state index contributed by atoms with van der Waals surface area (Å²) in [6.45, 7) is 5.13. The summed E-state index contributed by atoms with van der Waals surface area (Å²) in [4.78, 5) is 22.9. The summed E-state index contributed by atoms with van der Waals surface area (Å²) in [5.74, 6) is 0.525. The fourth-order valence-electron chi connectivity index (χ4n) is 1.91. The predicted molar refractivity (Wildman–Crippen MR) is 88.7 cm³/mol. The lowest BCUT2D eigenvalue weighted by molar-refractivity contribution is 0.0784. The topological polar surface area (TPSA) is 58.1 Å². The Morgan fingerprint density at radius 1 is 1.52 bits per heavy atom. The van der Waals surface area contributed by atoms with Crippen LogP contribution in [0.25, 0.3) is 0 Å². The molecule has 0 aliphatic rings. The fraction of sp³-hybridized carbons (Fsp3) is 0.357. The van der Waals surface area contributed by atoms with Crippen LogP contribution in [0.2, 0.25) is 0 Å². The largest absolute Gasteiger partial charge is 0.370 e. The van der Waals surface area contributed by atoms with E-state index in [9.17, 15) is 4.79 Å². The van der Waals surface area contributed by atoms with Gasteiger partial charge in [0.15, 0.2) is 0 Å². The molecule has 2 rings (SSSR count). The molecule has 2 aromatic rings. The molecular formula is C14H17BrN4OS. The van der Waals surface area contributed by atoms with Crippen molar-refractivity contribution >= 4 is 39.0 Å². The zero-order valence-corrected chi connectivity index (χ0v) is 14.6. The molecule has 5 nitrogen and oxygen atoms in total. The highest BCUT2D eigenvalue weighted by Crippen LogP contribution is 2.20. The number of halogens is 1. The summed E-state index contributed by atoms with van der Waals surface area (Å²) in [5, 5.41) is 6.09.